The molecule has 0 spiro atoms. The van der Waals surface area contributed by atoms with Gasteiger partial charge < -0.3 is 10.2 Å². The molecule has 2 rings (SSSR count). The summed E-state index contributed by atoms with van der Waals surface area (Å²) in [4.78, 5) is 0. The monoisotopic (exact) mass is 254 g/mol. The van der Waals surface area contributed by atoms with Gasteiger partial charge in [-0.25, -0.2) is 0 Å². The Kier molecular flexibility index (Phi) is 3.61. The van der Waals surface area contributed by atoms with Crippen molar-refractivity contribution in [1.82, 2.24) is 0 Å². The lowest BCUT2D eigenvalue weighted by Gasteiger charge is -2.04. The predicted molar refractivity (Wildman–Crippen MR) is 79.4 cm³/mol. The van der Waals surface area contributed by atoms with Crippen LogP contribution in [0.25, 0.3) is 12.2 Å². The fourth-order valence-corrected chi connectivity index (χ4v) is 2.10. The van der Waals surface area contributed by atoms with E-state index in [-0.39, 0.29) is 11.5 Å². The van der Waals surface area contributed by atoms with Gasteiger partial charge in [0.2, 0.25) is 0 Å². The first-order chi connectivity index (χ1) is 8.95. The normalized spacial score (nSPS) is 11.1. The van der Waals surface area contributed by atoms with Gasteiger partial charge in [0.25, 0.3) is 0 Å². The molecule has 19 heavy (non-hydrogen) atoms. The molecule has 0 aliphatic rings. The van der Waals surface area contributed by atoms with E-state index in [1.165, 1.54) is 11.1 Å². The highest BCUT2D eigenvalue weighted by Gasteiger charge is 2.03. The quantitative estimate of drug-likeness (QED) is 0.789. The van der Waals surface area contributed by atoms with Gasteiger partial charge in [0.05, 0.1) is 0 Å². The van der Waals surface area contributed by atoms with Crippen LogP contribution in [-0.2, 0) is 0 Å². The molecular weight excluding hydrogens is 236 g/mol. The number of aromatic hydroxyl groups is 2. The molecule has 0 aliphatic heterocycles. The molecule has 98 valence electrons. The van der Waals surface area contributed by atoms with Gasteiger partial charge in [0, 0.05) is 5.56 Å². The number of phenols is 2. The third-order valence-electron chi connectivity index (χ3n) is 3.09. The molecule has 0 radical (unpaired) electrons. The molecule has 0 atom stereocenters. The van der Waals surface area contributed by atoms with Crippen LogP contribution in [-0.4, -0.2) is 10.2 Å². The Hall–Kier alpha value is -2.22. The first kappa shape index (κ1) is 13.2. The Bertz CT molecular complexity index is 596. The molecule has 0 aliphatic carbocycles. The largest absolute Gasteiger partial charge is 0.508 e. The van der Waals surface area contributed by atoms with Crippen LogP contribution in [0.4, 0.5) is 0 Å². The summed E-state index contributed by atoms with van der Waals surface area (Å²) in [6, 6.07) is 9.61. The van der Waals surface area contributed by atoms with Gasteiger partial charge >= 0.3 is 0 Å². The number of rotatable bonds is 2. The van der Waals surface area contributed by atoms with Crippen LogP contribution in [0.2, 0.25) is 0 Å². The summed E-state index contributed by atoms with van der Waals surface area (Å²) >= 11 is 0. The summed E-state index contributed by atoms with van der Waals surface area (Å²) in [5.74, 6) is 0.222. The Morgan fingerprint density at radius 2 is 1.11 bits per heavy atom. The van der Waals surface area contributed by atoms with Gasteiger partial charge in [0.1, 0.15) is 11.5 Å². The molecule has 0 saturated carbocycles. The predicted octanol–water partition coefficient (Wildman–Crippen LogP) is 4.19. The zero-order valence-corrected chi connectivity index (χ0v) is 11.4. The van der Waals surface area contributed by atoms with E-state index in [1.54, 1.807) is 19.1 Å². The molecule has 2 aromatic carbocycles. The van der Waals surface area contributed by atoms with Gasteiger partial charge in [-0.15, -0.1) is 0 Å². The SMILES string of the molecule is Cc1cc(C)cc(C=Cc2cc(O)c(C)c(O)c2)c1. The molecular formula is C17H18O2. The average molecular weight is 254 g/mol. The van der Waals surface area contributed by atoms with E-state index >= 15 is 0 Å². The molecule has 2 heteroatoms. The van der Waals surface area contributed by atoms with Crippen molar-refractivity contribution in [3.63, 3.8) is 0 Å². The third-order valence-corrected chi connectivity index (χ3v) is 3.09. The van der Waals surface area contributed by atoms with Crippen molar-refractivity contribution >= 4 is 12.2 Å². The molecule has 2 nitrogen and oxygen atoms in total. The van der Waals surface area contributed by atoms with Crippen LogP contribution in [0.1, 0.15) is 27.8 Å². The summed E-state index contributed by atoms with van der Waals surface area (Å²) in [5, 5.41) is 19.3. The van der Waals surface area contributed by atoms with Crippen molar-refractivity contribution in [2.75, 3.05) is 0 Å². The van der Waals surface area contributed by atoms with Crippen LogP contribution in [0.5, 0.6) is 11.5 Å². The zero-order valence-electron chi connectivity index (χ0n) is 11.4. The average Bonchev–Trinajstić information content (AvgIpc) is 2.32. The van der Waals surface area contributed by atoms with E-state index in [2.05, 4.69) is 32.0 Å². The van der Waals surface area contributed by atoms with E-state index in [0.29, 0.717) is 5.56 Å². The Balaban J connectivity index is 2.32. The minimum absolute atomic E-state index is 0.111. The number of phenolic OH excluding ortho intramolecular Hbond substituents is 2. The molecule has 2 N–H and O–H groups in total. The molecule has 2 aromatic rings. The van der Waals surface area contributed by atoms with E-state index in [9.17, 15) is 10.2 Å². The minimum Gasteiger partial charge on any atom is -0.508 e. The lowest BCUT2D eigenvalue weighted by atomic mass is 10.0. The number of aryl methyl sites for hydroxylation is 2. The standard InChI is InChI=1S/C17H18O2/c1-11-6-12(2)8-14(7-11)4-5-15-9-16(18)13(3)17(19)10-15/h4-10,18-19H,1-3H3. The van der Waals surface area contributed by atoms with Crippen LogP contribution in [0.15, 0.2) is 30.3 Å². The smallest absolute Gasteiger partial charge is 0.122 e. The van der Waals surface area contributed by atoms with Crippen LogP contribution in [0.3, 0.4) is 0 Å². The van der Waals surface area contributed by atoms with Gasteiger partial charge in [-0.1, -0.05) is 41.5 Å². The van der Waals surface area contributed by atoms with Crippen molar-refractivity contribution in [3.8, 4) is 11.5 Å². The van der Waals surface area contributed by atoms with Crippen molar-refractivity contribution in [2.24, 2.45) is 0 Å². The summed E-state index contributed by atoms with van der Waals surface area (Å²) in [7, 11) is 0. The first-order valence-corrected chi connectivity index (χ1v) is 6.24. The van der Waals surface area contributed by atoms with Crippen LogP contribution in [0, 0.1) is 20.8 Å². The summed E-state index contributed by atoms with van der Waals surface area (Å²) in [6.07, 6.45) is 3.86. The maximum atomic E-state index is 9.67. The zero-order chi connectivity index (χ0) is 14.0. The second-order valence-corrected chi connectivity index (χ2v) is 4.94. The van der Waals surface area contributed by atoms with E-state index in [4.69, 9.17) is 0 Å². The summed E-state index contributed by atoms with van der Waals surface area (Å²) < 4.78 is 0. The highest BCUT2D eigenvalue weighted by atomic mass is 16.3. The molecule has 0 heterocycles. The summed E-state index contributed by atoms with van der Waals surface area (Å²) in [6.45, 7) is 5.81. The Morgan fingerprint density at radius 3 is 1.58 bits per heavy atom. The highest BCUT2D eigenvalue weighted by molar-refractivity contribution is 5.72. The first-order valence-electron chi connectivity index (χ1n) is 6.24. The number of hydrogen-bond donors (Lipinski definition) is 2. The minimum atomic E-state index is 0.111. The molecule has 0 amide bonds. The van der Waals surface area contributed by atoms with Gasteiger partial charge in [-0.05, 0) is 44.0 Å². The van der Waals surface area contributed by atoms with E-state index in [1.807, 2.05) is 12.2 Å². The van der Waals surface area contributed by atoms with E-state index < -0.39 is 0 Å². The molecule has 0 unspecified atom stereocenters. The second kappa shape index (κ2) is 5.19. The van der Waals surface area contributed by atoms with Crippen molar-refractivity contribution < 1.29 is 10.2 Å². The molecule has 0 bridgehead atoms. The lowest BCUT2D eigenvalue weighted by molar-refractivity contribution is 0.443. The fraction of sp³-hybridized carbons (Fsp3) is 0.176. The fourth-order valence-electron chi connectivity index (χ4n) is 2.10. The number of hydrogen-bond acceptors (Lipinski definition) is 2. The summed E-state index contributed by atoms with van der Waals surface area (Å²) in [5.41, 5.74) is 4.82. The highest BCUT2D eigenvalue weighted by Crippen LogP contribution is 2.28. The number of benzene rings is 2. The second-order valence-electron chi connectivity index (χ2n) is 4.94. The Morgan fingerprint density at radius 1 is 0.684 bits per heavy atom. The van der Waals surface area contributed by atoms with Gasteiger partial charge in [0.15, 0.2) is 0 Å². The van der Waals surface area contributed by atoms with Crippen molar-refractivity contribution in [1.29, 1.82) is 0 Å². The molecule has 0 saturated heterocycles. The molecule has 0 aromatic heterocycles. The van der Waals surface area contributed by atoms with E-state index in [0.717, 1.165) is 11.1 Å². The maximum absolute atomic E-state index is 9.67. The lowest BCUT2D eigenvalue weighted by Crippen LogP contribution is -1.81. The van der Waals surface area contributed by atoms with Crippen molar-refractivity contribution in [2.45, 2.75) is 20.8 Å². The van der Waals surface area contributed by atoms with Crippen LogP contribution >= 0.6 is 0 Å². The topological polar surface area (TPSA) is 40.5 Å². The van der Waals surface area contributed by atoms with Crippen molar-refractivity contribution in [3.05, 3.63) is 58.1 Å². The van der Waals surface area contributed by atoms with Crippen LogP contribution < -0.4 is 0 Å². The molecule has 0 fully saturated rings. The van der Waals surface area contributed by atoms with Gasteiger partial charge in [-0.2, -0.15) is 0 Å². The Labute approximate surface area is 113 Å². The maximum Gasteiger partial charge on any atom is 0.122 e. The van der Waals surface area contributed by atoms with Gasteiger partial charge in [-0.3, -0.25) is 0 Å². The third kappa shape index (κ3) is 3.16.